The number of ether oxygens (including phenoxy) is 1. The van der Waals surface area contributed by atoms with Crippen LogP contribution in [0.2, 0.25) is 5.02 Å². The van der Waals surface area contributed by atoms with Crippen LogP contribution in [0, 0.1) is 20.8 Å². The summed E-state index contributed by atoms with van der Waals surface area (Å²) in [5.41, 5.74) is 4.16. The molecule has 0 saturated carbocycles. The molecule has 1 aromatic heterocycles. The maximum Gasteiger partial charge on any atom is 0.127 e. The summed E-state index contributed by atoms with van der Waals surface area (Å²) in [7, 11) is 1.67. The Labute approximate surface area is 142 Å². The van der Waals surface area contributed by atoms with Crippen LogP contribution in [0.1, 0.15) is 32.5 Å². The van der Waals surface area contributed by atoms with Crippen molar-refractivity contribution in [2.24, 2.45) is 0 Å². The highest BCUT2D eigenvalue weighted by atomic mass is 79.9. The van der Waals surface area contributed by atoms with E-state index in [1.165, 1.54) is 0 Å². The molecule has 0 aliphatic rings. The minimum Gasteiger partial charge on any atom is -0.496 e. The SMILES string of the molecule is COc1c(C)cc(Br)c(C)c1C(Cl)c1scc(C)c1Cl. The molecular formula is C15H15BrCl2OS. The first-order chi connectivity index (χ1) is 9.38. The Morgan fingerprint density at radius 2 is 1.90 bits per heavy atom. The summed E-state index contributed by atoms with van der Waals surface area (Å²) in [5.74, 6) is 0.827. The molecule has 0 amide bonds. The van der Waals surface area contributed by atoms with Gasteiger partial charge in [0.2, 0.25) is 0 Å². The molecule has 20 heavy (non-hydrogen) atoms. The van der Waals surface area contributed by atoms with Gasteiger partial charge in [0.1, 0.15) is 5.75 Å². The van der Waals surface area contributed by atoms with Crippen LogP contribution in [0.15, 0.2) is 15.9 Å². The number of thiophene rings is 1. The molecule has 0 aliphatic carbocycles. The summed E-state index contributed by atoms with van der Waals surface area (Å²) in [6.45, 7) is 6.03. The predicted molar refractivity (Wildman–Crippen MR) is 91.9 cm³/mol. The van der Waals surface area contributed by atoms with E-state index in [1.807, 2.05) is 32.2 Å². The van der Waals surface area contributed by atoms with E-state index in [1.54, 1.807) is 18.4 Å². The van der Waals surface area contributed by atoms with Gasteiger partial charge in [0.05, 0.1) is 17.5 Å². The lowest BCUT2D eigenvalue weighted by molar-refractivity contribution is 0.406. The Kier molecular flexibility index (Phi) is 5.06. The normalized spacial score (nSPS) is 12.6. The molecule has 0 radical (unpaired) electrons. The summed E-state index contributed by atoms with van der Waals surface area (Å²) < 4.78 is 6.59. The summed E-state index contributed by atoms with van der Waals surface area (Å²) in [6, 6.07) is 2.04. The van der Waals surface area contributed by atoms with E-state index in [9.17, 15) is 0 Å². The zero-order valence-corrected chi connectivity index (χ0v) is 15.6. The van der Waals surface area contributed by atoms with Crippen LogP contribution in [0.5, 0.6) is 5.75 Å². The van der Waals surface area contributed by atoms with E-state index >= 15 is 0 Å². The monoisotopic (exact) mass is 392 g/mol. The maximum absolute atomic E-state index is 6.71. The molecule has 0 saturated heterocycles. The Hall–Kier alpha value is -0.220. The maximum atomic E-state index is 6.71. The summed E-state index contributed by atoms with van der Waals surface area (Å²) in [4.78, 5) is 0.963. The minimum atomic E-state index is -0.313. The molecule has 0 fully saturated rings. The van der Waals surface area contributed by atoms with Crippen LogP contribution < -0.4 is 4.74 Å². The first kappa shape index (κ1) is 16.2. The molecule has 0 aliphatic heterocycles. The van der Waals surface area contributed by atoms with Gasteiger partial charge in [-0.25, -0.2) is 0 Å². The molecule has 2 aromatic rings. The number of rotatable bonds is 3. The van der Waals surface area contributed by atoms with E-state index in [0.29, 0.717) is 0 Å². The zero-order valence-electron chi connectivity index (χ0n) is 11.7. The van der Waals surface area contributed by atoms with Gasteiger partial charge in [-0.1, -0.05) is 27.5 Å². The van der Waals surface area contributed by atoms with Gasteiger partial charge in [0.25, 0.3) is 0 Å². The lowest BCUT2D eigenvalue weighted by Gasteiger charge is -2.19. The van der Waals surface area contributed by atoms with Crippen molar-refractivity contribution in [3.63, 3.8) is 0 Å². The molecule has 1 heterocycles. The standard InChI is InChI=1S/C15H15BrCl2OS/c1-7-5-10(16)9(3)11(14(7)19-4)13(18)15-12(17)8(2)6-20-15/h5-6,13H,1-4H3. The van der Waals surface area contributed by atoms with Crippen molar-refractivity contribution in [2.75, 3.05) is 7.11 Å². The van der Waals surface area contributed by atoms with Crippen LogP contribution >= 0.6 is 50.5 Å². The Morgan fingerprint density at radius 1 is 1.25 bits per heavy atom. The molecule has 0 N–H and O–H groups in total. The van der Waals surface area contributed by atoms with Gasteiger partial charge in [-0.3, -0.25) is 0 Å². The lowest BCUT2D eigenvalue weighted by Crippen LogP contribution is -2.02. The van der Waals surface area contributed by atoms with Gasteiger partial charge in [-0.15, -0.1) is 22.9 Å². The number of hydrogen-bond donors (Lipinski definition) is 0. The minimum absolute atomic E-state index is 0.313. The Morgan fingerprint density at radius 3 is 2.40 bits per heavy atom. The third-order valence-corrected chi connectivity index (χ3v) is 6.49. The molecular weight excluding hydrogens is 379 g/mol. The van der Waals surface area contributed by atoms with E-state index in [0.717, 1.165) is 42.4 Å². The van der Waals surface area contributed by atoms with Crippen LogP contribution in [-0.4, -0.2) is 7.11 Å². The summed E-state index contributed by atoms with van der Waals surface area (Å²) >= 11 is 18.2. The number of alkyl halides is 1. The van der Waals surface area contributed by atoms with Gasteiger partial charge in [0, 0.05) is 14.9 Å². The van der Waals surface area contributed by atoms with Crippen molar-refractivity contribution in [1.29, 1.82) is 0 Å². The third kappa shape index (κ3) is 2.74. The van der Waals surface area contributed by atoms with Crippen LogP contribution in [-0.2, 0) is 0 Å². The van der Waals surface area contributed by atoms with Crippen molar-refractivity contribution in [3.05, 3.63) is 48.1 Å². The summed E-state index contributed by atoms with van der Waals surface area (Å²) in [6.07, 6.45) is 0. The fourth-order valence-electron chi connectivity index (χ4n) is 2.20. The molecule has 5 heteroatoms. The number of hydrogen-bond acceptors (Lipinski definition) is 2. The Balaban J connectivity index is 2.65. The van der Waals surface area contributed by atoms with Gasteiger partial charge in [-0.05, 0) is 48.9 Å². The molecule has 0 spiro atoms. The van der Waals surface area contributed by atoms with Gasteiger partial charge in [-0.2, -0.15) is 0 Å². The quantitative estimate of drug-likeness (QED) is 0.546. The number of methoxy groups -OCH3 is 1. The topological polar surface area (TPSA) is 9.23 Å². The molecule has 2 rings (SSSR count). The van der Waals surface area contributed by atoms with E-state index in [2.05, 4.69) is 15.9 Å². The van der Waals surface area contributed by atoms with Crippen LogP contribution in [0.4, 0.5) is 0 Å². The van der Waals surface area contributed by atoms with E-state index in [-0.39, 0.29) is 5.38 Å². The predicted octanol–water partition coefficient (Wildman–Crippen LogP) is 6.43. The van der Waals surface area contributed by atoms with Gasteiger partial charge < -0.3 is 4.74 Å². The highest BCUT2D eigenvalue weighted by Crippen LogP contribution is 2.46. The number of aryl methyl sites for hydroxylation is 2. The average Bonchev–Trinajstić information content (AvgIpc) is 2.73. The second-order valence-electron chi connectivity index (χ2n) is 4.71. The molecule has 0 bridgehead atoms. The lowest BCUT2D eigenvalue weighted by atomic mass is 9.99. The van der Waals surface area contributed by atoms with Crippen molar-refractivity contribution < 1.29 is 4.74 Å². The fraction of sp³-hybridized carbons (Fsp3) is 0.333. The molecule has 1 nitrogen and oxygen atoms in total. The van der Waals surface area contributed by atoms with Crippen molar-refractivity contribution in [1.82, 2.24) is 0 Å². The molecule has 1 atom stereocenters. The highest BCUT2D eigenvalue weighted by Gasteiger charge is 2.25. The second kappa shape index (κ2) is 6.27. The van der Waals surface area contributed by atoms with Gasteiger partial charge in [0.15, 0.2) is 0 Å². The first-order valence-electron chi connectivity index (χ1n) is 6.09. The van der Waals surface area contributed by atoms with E-state index in [4.69, 9.17) is 27.9 Å². The third-order valence-electron chi connectivity index (χ3n) is 3.32. The zero-order chi connectivity index (χ0) is 15.0. The number of benzene rings is 1. The largest absolute Gasteiger partial charge is 0.496 e. The smallest absolute Gasteiger partial charge is 0.127 e. The van der Waals surface area contributed by atoms with Crippen LogP contribution in [0.25, 0.3) is 0 Å². The van der Waals surface area contributed by atoms with Crippen molar-refractivity contribution in [3.8, 4) is 5.75 Å². The second-order valence-corrected chi connectivity index (χ2v) is 7.29. The van der Waals surface area contributed by atoms with Gasteiger partial charge >= 0.3 is 0 Å². The van der Waals surface area contributed by atoms with Crippen molar-refractivity contribution >= 4 is 50.5 Å². The first-order valence-corrected chi connectivity index (χ1v) is 8.58. The van der Waals surface area contributed by atoms with E-state index < -0.39 is 0 Å². The highest BCUT2D eigenvalue weighted by molar-refractivity contribution is 9.10. The molecule has 1 aromatic carbocycles. The van der Waals surface area contributed by atoms with Crippen LogP contribution in [0.3, 0.4) is 0 Å². The Bertz CT molecular complexity index is 652. The average molecular weight is 394 g/mol. The number of halogens is 3. The molecule has 108 valence electrons. The fourth-order valence-corrected chi connectivity index (χ4v) is 4.63. The molecule has 1 unspecified atom stereocenters. The van der Waals surface area contributed by atoms with Crippen molar-refractivity contribution in [2.45, 2.75) is 26.1 Å². The summed E-state index contributed by atoms with van der Waals surface area (Å²) in [5, 5.41) is 2.46.